The van der Waals surface area contributed by atoms with Crippen molar-refractivity contribution in [2.75, 3.05) is 0 Å². The first kappa shape index (κ1) is 15.2. The number of carbonyl (C=O) groups is 1. The number of carboxylic acids is 1. The summed E-state index contributed by atoms with van der Waals surface area (Å²) in [5.41, 5.74) is 2.38. The summed E-state index contributed by atoms with van der Waals surface area (Å²) in [7, 11) is -1.22. The van der Waals surface area contributed by atoms with E-state index in [2.05, 4.69) is 39.6 Å². The molecule has 0 aromatic heterocycles. The van der Waals surface area contributed by atoms with Crippen LogP contribution in [-0.4, -0.2) is 19.1 Å². The first-order chi connectivity index (χ1) is 7.20. The zero-order valence-corrected chi connectivity index (χ0v) is 12.1. The number of hydrogen-bond donors (Lipinski definition) is 1. The summed E-state index contributed by atoms with van der Waals surface area (Å²) >= 11 is 0. The highest BCUT2D eigenvalue weighted by Gasteiger charge is 2.15. The van der Waals surface area contributed by atoms with Crippen LogP contribution >= 0.6 is 0 Å². The van der Waals surface area contributed by atoms with Crippen LogP contribution in [0.5, 0.6) is 0 Å². The summed E-state index contributed by atoms with van der Waals surface area (Å²) in [5.74, 6) is -0.814. The molecule has 0 bridgehead atoms. The van der Waals surface area contributed by atoms with Crippen LogP contribution < -0.4 is 0 Å². The monoisotopic (exact) mass is 240 g/mol. The van der Waals surface area contributed by atoms with Gasteiger partial charge < -0.3 is 5.11 Å². The molecule has 0 aliphatic heterocycles. The van der Waals surface area contributed by atoms with E-state index in [0.717, 1.165) is 24.5 Å². The Kier molecular flexibility index (Phi) is 6.34. The Morgan fingerprint density at radius 3 is 2.19 bits per heavy atom. The normalized spacial score (nSPS) is 12.4. The standard InChI is InChI=1S/C13H24O2Si/c1-11(2)7-6-8-12(9-13(14)15)10-16(3,4)5/h7,9H,6,8,10H2,1-5H3,(H,14,15)/b12-9-. The van der Waals surface area contributed by atoms with Crippen molar-refractivity contribution in [2.45, 2.75) is 52.4 Å². The van der Waals surface area contributed by atoms with E-state index in [1.54, 1.807) is 0 Å². The number of allylic oxidation sites excluding steroid dienone is 3. The number of aliphatic carboxylic acids is 1. The van der Waals surface area contributed by atoms with Gasteiger partial charge in [-0.1, -0.05) is 36.9 Å². The zero-order chi connectivity index (χ0) is 12.8. The largest absolute Gasteiger partial charge is 0.478 e. The van der Waals surface area contributed by atoms with Gasteiger partial charge in [0, 0.05) is 14.1 Å². The van der Waals surface area contributed by atoms with Crippen molar-refractivity contribution < 1.29 is 9.90 Å². The third-order valence-corrected chi connectivity index (χ3v) is 3.62. The molecular weight excluding hydrogens is 216 g/mol. The molecule has 1 N–H and O–H groups in total. The van der Waals surface area contributed by atoms with Crippen molar-refractivity contribution >= 4 is 14.0 Å². The molecule has 0 atom stereocenters. The van der Waals surface area contributed by atoms with Crippen LogP contribution in [0.25, 0.3) is 0 Å². The first-order valence-corrected chi connectivity index (χ1v) is 9.47. The summed E-state index contributed by atoms with van der Waals surface area (Å²) in [6, 6.07) is 0.982. The van der Waals surface area contributed by atoms with E-state index < -0.39 is 14.0 Å². The van der Waals surface area contributed by atoms with E-state index in [4.69, 9.17) is 5.11 Å². The highest BCUT2D eigenvalue weighted by Crippen LogP contribution is 2.20. The molecule has 0 spiro atoms. The molecule has 0 aromatic rings. The minimum atomic E-state index is -1.22. The van der Waals surface area contributed by atoms with Crippen molar-refractivity contribution in [3.05, 3.63) is 23.3 Å². The lowest BCUT2D eigenvalue weighted by molar-refractivity contribution is -0.131. The lowest BCUT2D eigenvalue weighted by Gasteiger charge is -2.17. The fourth-order valence-electron chi connectivity index (χ4n) is 1.61. The number of rotatable bonds is 6. The van der Waals surface area contributed by atoms with E-state index in [0.29, 0.717) is 0 Å². The van der Waals surface area contributed by atoms with Gasteiger partial charge in [0.15, 0.2) is 0 Å². The van der Waals surface area contributed by atoms with E-state index in [9.17, 15) is 4.79 Å². The minimum absolute atomic E-state index is 0.814. The van der Waals surface area contributed by atoms with Crippen molar-refractivity contribution in [1.82, 2.24) is 0 Å². The van der Waals surface area contributed by atoms with E-state index >= 15 is 0 Å². The third-order valence-electron chi connectivity index (χ3n) is 2.10. The molecule has 0 fully saturated rings. The molecule has 0 rings (SSSR count). The first-order valence-electron chi connectivity index (χ1n) is 5.76. The Morgan fingerprint density at radius 2 is 1.81 bits per heavy atom. The molecule has 3 heteroatoms. The summed E-state index contributed by atoms with van der Waals surface area (Å²) in [5, 5.41) is 8.81. The van der Waals surface area contributed by atoms with Crippen LogP contribution in [0.1, 0.15) is 26.7 Å². The lowest BCUT2D eigenvalue weighted by Crippen LogP contribution is -2.20. The molecular formula is C13H24O2Si. The summed E-state index contributed by atoms with van der Waals surface area (Å²) in [6.45, 7) is 10.9. The van der Waals surface area contributed by atoms with Crippen LogP contribution in [0.3, 0.4) is 0 Å². The highest BCUT2D eigenvalue weighted by atomic mass is 28.3. The summed E-state index contributed by atoms with van der Waals surface area (Å²) in [4.78, 5) is 10.7. The molecule has 16 heavy (non-hydrogen) atoms. The quantitative estimate of drug-likeness (QED) is 0.431. The second-order valence-electron chi connectivity index (χ2n) is 5.70. The van der Waals surface area contributed by atoms with Gasteiger partial charge in [0.2, 0.25) is 0 Å². The van der Waals surface area contributed by atoms with Crippen LogP contribution in [0.4, 0.5) is 0 Å². The Labute approximate surface area is 100 Å². The average Bonchev–Trinajstić information content (AvgIpc) is 1.98. The maximum atomic E-state index is 10.7. The fraction of sp³-hybridized carbons (Fsp3) is 0.615. The van der Waals surface area contributed by atoms with Crippen LogP contribution in [0.2, 0.25) is 25.7 Å². The van der Waals surface area contributed by atoms with E-state index in [1.807, 2.05) is 0 Å². The second-order valence-corrected chi connectivity index (χ2v) is 11.2. The maximum absolute atomic E-state index is 10.7. The van der Waals surface area contributed by atoms with Gasteiger partial charge >= 0.3 is 5.97 Å². The van der Waals surface area contributed by atoms with Crippen molar-refractivity contribution in [3.8, 4) is 0 Å². The van der Waals surface area contributed by atoms with Gasteiger partial charge in [-0.2, -0.15) is 0 Å². The molecule has 2 nitrogen and oxygen atoms in total. The van der Waals surface area contributed by atoms with Crippen molar-refractivity contribution in [3.63, 3.8) is 0 Å². The third kappa shape index (κ3) is 9.71. The summed E-state index contributed by atoms with van der Waals surface area (Å²) in [6.07, 6.45) is 5.39. The fourth-order valence-corrected chi connectivity index (χ4v) is 3.25. The zero-order valence-electron chi connectivity index (χ0n) is 11.1. The van der Waals surface area contributed by atoms with Gasteiger partial charge in [0.05, 0.1) is 0 Å². The van der Waals surface area contributed by atoms with Gasteiger partial charge in [-0.3, -0.25) is 0 Å². The molecule has 0 amide bonds. The molecule has 92 valence electrons. The van der Waals surface area contributed by atoms with Gasteiger partial charge in [-0.05, 0) is 32.7 Å². The molecule has 0 saturated carbocycles. The van der Waals surface area contributed by atoms with Crippen LogP contribution in [0.15, 0.2) is 23.3 Å². The Balaban J connectivity index is 4.46. The average molecular weight is 240 g/mol. The van der Waals surface area contributed by atoms with Gasteiger partial charge in [-0.15, -0.1) is 0 Å². The minimum Gasteiger partial charge on any atom is -0.478 e. The van der Waals surface area contributed by atoms with Gasteiger partial charge in [0.1, 0.15) is 0 Å². The Bertz CT molecular complexity index is 292. The Hall–Kier alpha value is -0.833. The number of hydrogen-bond acceptors (Lipinski definition) is 1. The lowest BCUT2D eigenvalue weighted by atomic mass is 10.1. The van der Waals surface area contributed by atoms with Gasteiger partial charge in [-0.25, -0.2) is 4.79 Å². The summed E-state index contributed by atoms with van der Waals surface area (Å²) < 4.78 is 0. The Morgan fingerprint density at radius 1 is 1.25 bits per heavy atom. The smallest absolute Gasteiger partial charge is 0.328 e. The molecule has 0 aromatic carbocycles. The molecule has 0 unspecified atom stereocenters. The second kappa shape index (κ2) is 6.69. The maximum Gasteiger partial charge on any atom is 0.328 e. The molecule has 0 radical (unpaired) electrons. The van der Waals surface area contributed by atoms with E-state index in [1.165, 1.54) is 11.6 Å². The van der Waals surface area contributed by atoms with Gasteiger partial charge in [0.25, 0.3) is 0 Å². The SMILES string of the molecule is CC(C)=CCC/C(=C/C(=O)O)C[Si](C)(C)C. The number of carboxylic acid groups (broad SMARTS) is 1. The van der Waals surface area contributed by atoms with E-state index in [-0.39, 0.29) is 0 Å². The molecule has 0 aliphatic carbocycles. The molecule has 0 saturated heterocycles. The molecule has 0 aliphatic rings. The van der Waals surface area contributed by atoms with Crippen molar-refractivity contribution in [2.24, 2.45) is 0 Å². The topological polar surface area (TPSA) is 37.3 Å². The predicted molar refractivity (Wildman–Crippen MR) is 72.5 cm³/mol. The van der Waals surface area contributed by atoms with Crippen LogP contribution in [-0.2, 0) is 4.79 Å². The van der Waals surface area contributed by atoms with Crippen molar-refractivity contribution in [1.29, 1.82) is 0 Å². The molecule has 0 heterocycles. The highest BCUT2D eigenvalue weighted by molar-refractivity contribution is 6.76. The van der Waals surface area contributed by atoms with Crippen LogP contribution in [0, 0.1) is 0 Å². The predicted octanol–water partition coefficient (Wildman–Crippen LogP) is 4.08.